The van der Waals surface area contributed by atoms with Gasteiger partial charge in [0.2, 0.25) is 0 Å². The van der Waals surface area contributed by atoms with Crippen LogP contribution in [0.1, 0.15) is 22.7 Å². The van der Waals surface area contributed by atoms with Crippen molar-refractivity contribution in [2.24, 2.45) is 0 Å². The van der Waals surface area contributed by atoms with Crippen LogP contribution >= 0.6 is 11.3 Å². The summed E-state index contributed by atoms with van der Waals surface area (Å²) in [6.07, 6.45) is 0. The lowest BCUT2D eigenvalue weighted by molar-refractivity contribution is -0.132. The molecular formula is C32H23FN2O5S. The molecule has 1 unspecified atom stereocenters. The predicted molar refractivity (Wildman–Crippen MR) is 155 cm³/mol. The van der Waals surface area contributed by atoms with Crippen LogP contribution in [0.15, 0.2) is 103 Å². The van der Waals surface area contributed by atoms with Gasteiger partial charge in [0, 0.05) is 5.56 Å². The van der Waals surface area contributed by atoms with E-state index in [9.17, 15) is 19.1 Å². The van der Waals surface area contributed by atoms with Gasteiger partial charge in [-0.05, 0) is 65.7 Å². The van der Waals surface area contributed by atoms with Gasteiger partial charge in [0.15, 0.2) is 5.13 Å². The summed E-state index contributed by atoms with van der Waals surface area (Å²) < 4.78 is 25.7. The minimum absolute atomic E-state index is 0.126. The SMILES string of the molecule is COc1ccc2nc(N3C(=O)C(=O)C(=C(O)c4ccc(F)cc4)C3c3cccc(OCc4ccccc4)c3)sc2c1. The Labute approximate surface area is 238 Å². The van der Waals surface area contributed by atoms with E-state index in [4.69, 9.17) is 9.47 Å². The number of ether oxygens (including phenoxy) is 2. The Hall–Kier alpha value is -5.02. The topological polar surface area (TPSA) is 89.0 Å². The second-order valence-corrected chi connectivity index (χ2v) is 10.4. The number of hydrogen-bond acceptors (Lipinski definition) is 7. The highest BCUT2D eigenvalue weighted by Crippen LogP contribution is 2.45. The number of carbonyl (C=O) groups is 2. The zero-order valence-electron chi connectivity index (χ0n) is 21.8. The molecule has 1 fully saturated rings. The number of Topliss-reactive ketones (excluding diaryl/α,β-unsaturated/α-hetero) is 1. The van der Waals surface area contributed by atoms with E-state index in [1.54, 1.807) is 49.6 Å². The molecule has 204 valence electrons. The Bertz CT molecular complexity index is 1800. The number of aliphatic hydroxyl groups is 1. The number of thiazole rings is 1. The van der Waals surface area contributed by atoms with Crippen LogP contribution < -0.4 is 14.4 Å². The van der Waals surface area contributed by atoms with E-state index in [0.29, 0.717) is 29.2 Å². The molecule has 41 heavy (non-hydrogen) atoms. The minimum atomic E-state index is -1.01. The third-order valence-electron chi connectivity index (χ3n) is 6.77. The fourth-order valence-electron chi connectivity index (χ4n) is 4.75. The Morgan fingerprint density at radius 3 is 2.49 bits per heavy atom. The van der Waals surface area contributed by atoms with Crippen molar-refractivity contribution >= 4 is 44.1 Å². The predicted octanol–water partition coefficient (Wildman–Crippen LogP) is 6.65. The van der Waals surface area contributed by atoms with Crippen LogP contribution in [-0.4, -0.2) is 28.9 Å². The Morgan fingerprint density at radius 2 is 1.73 bits per heavy atom. The zero-order valence-corrected chi connectivity index (χ0v) is 22.6. The van der Waals surface area contributed by atoms with Crippen molar-refractivity contribution in [3.8, 4) is 11.5 Å². The van der Waals surface area contributed by atoms with E-state index < -0.39 is 29.3 Å². The molecule has 2 heterocycles. The number of anilines is 1. The molecule has 1 amide bonds. The van der Waals surface area contributed by atoms with Gasteiger partial charge >= 0.3 is 5.91 Å². The van der Waals surface area contributed by atoms with Crippen molar-refractivity contribution in [3.63, 3.8) is 0 Å². The maximum atomic E-state index is 13.6. The maximum absolute atomic E-state index is 13.6. The first-order valence-corrected chi connectivity index (χ1v) is 13.5. The van der Waals surface area contributed by atoms with Gasteiger partial charge in [-0.15, -0.1) is 0 Å². The smallest absolute Gasteiger partial charge is 0.301 e. The fourth-order valence-corrected chi connectivity index (χ4v) is 5.77. The average molecular weight is 567 g/mol. The average Bonchev–Trinajstić information content (AvgIpc) is 3.54. The van der Waals surface area contributed by atoms with Gasteiger partial charge in [0.25, 0.3) is 5.78 Å². The van der Waals surface area contributed by atoms with E-state index in [1.807, 2.05) is 30.3 Å². The first-order valence-electron chi connectivity index (χ1n) is 12.7. The van der Waals surface area contributed by atoms with E-state index in [2.05, 4.69) is 4.98 Å². The van der Waals surface area contributed by atoms with Gasteiger partial charge in [-0.2, -0.15) is 0 Å². The normalized spacial score (nSPS) is 16.3. The summed E-state index contributed by atoms with van der Waals surface area (Å²) in [7, 11) is 1.56. The summed E-state index contributed by atoms with van der Waals surface area (Å²) >= 11 is 1.23. The standard InChI is InChI=1S/C32H23FN2O5S/c1-39-23-14-15-25-26(17-23)41-32(34-25)35-28(21-8-5-9-24(16-21)40-18-19-6-3-2-4-7-19)27(30(37)31(35)38)29(36)20-10-12-22(33)13-11-20/h2-17,28,36H,18H2,1H3. The fraction of sp³-hybridized carbons (Fsp3) is 0.0938. The molecule has 0 bridgehead atoms. The van der Waals surface area contributed by atoms with Crippen molar-refractivity contribution in [1.29, 1.82) is 0 Å². The molecule has 1 aromatic heterocycles. The van der Waals surface area contributed by atoms with Crippen molar-refractivity contribution in [2.45, 2.75) is 12.6 Å². The lowest BCUT2D eigenvalue weighted by Gasteiger charge is -2.23. The molecule has 1 N–H and O–H groups in total. The molecule has 0 radical (unpaired) electrons. The molecular weight excluding hydrogens is 543 g/mol. The van der Waals surface area contributed by atoms with Crippen molar-refractivity contribution in [3.05, 3.63) is 125 Å². The van der Waals surface area contributed by atoms with Crippen LogP contribution in [-0.2, 0) is 16.2 Å². The number of halogens is 1. The molecule has 1 aliphatic rings. The summed E-state index contributed by atoms with van der Waals surface area (Å²) in [6, 6.07) is 26.1. The minimum Gasteiger partial charge on any atom is -0.507 e. The second kappa shape index (κ2) is 10.9. The molecule has 9 heteroatoms. The summed E-state index contributed by atoms with van der Waals surface area (Å²) in [5.41, 5.74) is 2.23. The van der Waals surface area contributed by atoms with Crippen LogP contribution in [0, 0.1) is 5.82 Å². The van der Waals surface area contributed by atoms with Crippen LogP contribution in [0.2, 0.25) is 0 Å². The number of nitrogens with zero attached hydrogens (tertiary/aromatic N) is 2. The number of aliphatic hydroxyl groups excluding tert-OH is 1. The summed E-state index contributed by atoms with van der Waals surface area (Å²) in [4.78, 5) is 33.0. The molecule has 0 aliphatic carbocycles. The van der Waals surface area contributed by atoms with E-state index in [-0.39, 0.29) is 16.3 Å². The molecule has 0 spiro atoms. The van der Waals surface area contributed by atoms with Gasteiger partial charge in [-0.3, -0.25) is 14.5 Å². The number of benzene rings is 4. The van der Waals surface area contributed by atoms with Crippen LogP contribution in [0.3, 0.4) is 0 Å². The van der Waals surface area contributed by atoms with Gasteiger partial charge in [0.1, 0.15) is 29.7 Å². The van der Waals surface area contributed by atoms with Gasteiger partial charge in [0.05, 0.1) is 28.9 Å². The van der Waals surface area contributed by atoms with Crippen LogP contribution in [0.5, 0.6) is 11.5 Å². The molecule has 0 saturated carbocycles. The number of hydrogen-bond donors (Lipinski definition) is 1. The number of ketones is 1. The molecule has 1 saturated heterocycles. The van der Waals surface area contributed by atoms with Gasteiger partial charge in [-0.1, -0.05) is 53.8 Å². The summed E-state index contributed by atoms with van der Waals surface area (Å²) in [5, 5.41) is 11.6. The molecule has 7 nitrogen and oxygen atoms in total. The van der Waals surface area contributed by atoms with Crippen LogP contribution in [0.4, 0.5) is 9.52 Å². The molecule has 5 aromatic rings. The highest BCUT2D eigenvalue weighted by molar-refractivity contribution is 7.22. The summed E-state index contributed by atoms with van der Waals surface area (Å²) in [6.45, 7) is 0.319. The van der Waals surface area contributed by atoms with E-state index in [0.717, 1.165) is 10.3 Å². The molecule has 6 rings (SSSR count). The monoisotopic (exact) mass is 566 g/mol. The highest BCUT2D eigenvalue weighted by atomic mass is 32.1. The number of fused-ring (bicyclic) bond motifs is 1. The first-order chi connectivity index (χ1) is 19.9. The Kier molecular flexibility index (Phi) is 6.94. The first kappa shape index (κ1) is 26.2. The molecule has 1 aliphatic heterocycles. The number of rotatable bonds is 7. The zero-order chi connectivity index (χ0) is 28.5. The quantitative estimate of drug-likeness (QED) is 0.135. The number of methoxy groups -OCH3 is 1. The highest BCUT2D eigenvalue weighted by Gasteiger charge is 2.48. The molecule has 1 atom stereocenters. The third-order valence-corrected chi connectivity index (χ3v) is 7.79. The van der Waals surface area contributed by atoms with E-state index in [1.165, 1.54) is 40.5 Å². The molecule has 4 aromatic carbocycles. The van der Waals surface area contributed by atoms with Crippen molar-refractivity contribution < 1.29 is 28.6 Å². The third kappa shape index (κ3) is 5.03. The Morgan fingerprint density at radius 1 is 0.951 bits per heavy atom. The Balaban J connectivity index is 1.47. The lowest BCUT2D eigenvalue weighted by Crippen LogP contribution is -2.29. The number of amides is 1. The lowest BCUT2D eigenvalue weighted by atomic mass is 9.95. The van der Waals surface area contributed by atoms with E-state index >= 15 is 0 Å². The van der Waals surface area contributed by atoms with Crippen LogP contribution in [0.25, 0.3) is 16.0 Å². The van der Waals surface area contributed by atoms with Crippen molar-refractivity contribution in [2.75, 3.05) is 12.0 Å². The summed E-state index contributed by atoms with van der Waals surface area (Å²) in [5.74, 6) is -1.45. The van der Waals surface area contributed by atoms with Gasteiger partial charge < -0.3 is 14.6 Å². The van der Waals surface area contributed by atoms with Gasteiger partial charge in [-0.25, -0.2) is 9.37 Å². The number of carbonyl (C=O) groups excluding carboxylic acids is 2. The van der Waals surface area contributed by atoms with Crippen molar-refractivity contribution in [1.82, 2.24) is 4.98 Å². The second-order valence-electron chi connectivity index (χ2n) is 9.35. The maximum Gasteiger partial charge on any atom is 0.301 e. The largest absolute Gasteiger partial charge is 0.507 e. The number of aromatic nitrogens is 1.